The number of carbonyl (C=O) groups excluding carboxylic acids is 2. The summed E-state index contributed by atoms with van der Waals surface area (Å²) >= 11 is 0. The van der Waals surface area contributed by atoms with Gasteiger partial charge in [0.15, 0.2) is 0 Å². The highest BCUT2D eigenvalue weighted by Crippen LogP contribution is 2.21. The lowest BCUT2D eigenvalue weighted by Crippen LogP contribution is -2.45. The molecule has 0 heterocycles. The van der Waals surface area contributed by atoms with Gasteiger partial charge in [-0.15, -0.1) is 0 Å². The number of ether oxygens (including phenoxy) is 1. The summed E-state index contributed by atoms with van der Waals surface area (Å²) in [6, 6.07) is -0.539. The van der Waals surface area contributed by atoms with Crippen LogP contribution in [0.25, 0.3) is 0 Å². The molecule has 0 aliphatic rings. The second-order valence-electron chi connectivity index (χ2n) is 29.9. The van der Waals surface area contributed by atoms with Crippen LogP contribution in [0.4, 0.5) is 0 Å². The number of aliphatic hydroxyl groups excluding tert-OH is 2. The van der Waals surface area contributed by atoms with Crippen LogP contribution in [-0.2, 0) is 14.3 Å². The summed E-state index contributed by atoms with van der Waals surface area (Å²) in [5.41, 5.74) is 0. The number of amides is 1. The molecule has 2 unspecified atom stereocenters. The molecule has 0 aromatic heterocycles. The van der Waals surface area contributed by atoms with Crippen molar-refractivity contribution in [2.75, 3.05) is 13.2 Å². The van der Waals surface area contributed by atoms with E-state index in [1.54, 1.807) is 0 Å². The highest BCUT2D eigenvalue weighted by molar-refractivity contribution is 5.76. The lowest BCUT2D eigenvalue weighted by molar-refractivity contribution is -0.143. The van der Waals surface area contributed by atoms with Crippen LogP contribution in [0.15, 0.2) is 12.2 Å². The van der Waals surface area contributed by atoms with Crippen LogP contribution in [0.3, 0.4) is 0 Å². The number of esters is 1. The minimum Gasteiger partial charge on any atom is -0.466 e. The molecule has 1 amide bonds. The van der Waals surface area contributed by atoms with Crippen LogP contribution in [-0.4, -0.2) is 47.4 Å². The number of unbranched alkanes of at least 4 members (excludes halogenated alkanes) is 69. The highest BCUT2D eigenvalue weighted by atomic mass is 16.5. The molecule has 0 aliphatic heterocycles. The van der Waals surface area contributed by atoms with Crippen LogP contribution in [0, 0.1) is 0 Å². The van der Waals surface area contributed by atoms with Gasteiger partial charge in [-0.3, -0.25) is 9.59 Å². The number of nitrogens with one attached hydrogen (secondary N) is 1. The van der Waals surface area contributed by atoms with E-state index in [0.717, 1.165) is 38.5 Å². The summed E-state index contributed by atoms with van der Waals surface area (Å²) in [5, 5.41) is 23.5. The van der Waals surface area contributed by atoms with Gasteiger partial charge in [-0.05, 0) is 51.4 Å². The normalized spacial score (nSPS) is 12.4. The molecule has 0 saturated heterocycles. The molecule has 0 rings (SSSR count). The molecule has 2 atom stereocenters. The highest BCUT2D eigenvalue weighted by Gasteiger charge is 2.20. The third kappa shape index (κ3) is 77.6. The van der Waals surface area contributed by atoms with Gasteiger partial charge >= 0.3 is 5.97 Å². The van der Waals surface area contributed by atoms with E-state index in [4.69, 9.17) is 4.74 Å². The van der Waals surface area contributed by atoms with Gasteiger partial charge in [0, 0.05) is 12.8 Å². The van der Waals surface area contributed by atoms with Crippen LogP contribution in [0.5, 0.6) is 0 Å². The maximum absolute atomic E-state index is 12.6. The lowest BCUT2D eigenvalue weighted by atomic mass is 10.0. The minimum atomic E-state index is -0.662. The molecular weight excluding hydrogens is 1130 g/mol. The van der Waals surface area contributed by atoms with Crippen molar-refractivity contribution in [2.24, 2.45) is 0 Å². The first-order chi connectivity index (χ1) is 45.5. The van der Waals surface area contributed by atoms with Crippen molar-refractivity contribution in [3.8, 4) is 0 Å². The first-order valence-electron chi connectivity index (χ1n) is 42.9. The second kappa shape index (κ2) is 82.0. The molecule has 0 radical (unpaired) electrons. The molecule has 0 bridgehead atoms. The first-order valence-corrected chi connectivity index (χ1v) is 42.9. The maximum Gasteiger partial charge on any atom is 0.305 e. The number of rotatable bonds is 82. The quantitative estimate of drug-likeness (QED) is 0.0320. The Morgan fingerprint density at radius 3 is 0.772 bits per heavy atom. The first kappa shape index (κ1) is 90.6. The molecule has 0 aliphatic carbocycles. The number of hydrogen-bond donors (Lipinski definition) is 3. The molecule has 6 heteroatoms. The predicted octanol–water partition coefficient (Wildman–Crippen LogP) is 28.6. The molecule has 548 valence electrons. The molecule has 0 spiro atoms. The van der Waals surface area contributed by atoms with Crippen molar-refractivity contribution in [3.63, 3.8) is 0 Å². The standard InChI is InChI=1S/C86H169NO5/c1-3-5-7-9-11-13-15-17-19-21-23-24-25-37-40-43-46-50-54-58-62-66-70-74-78-84(89)83(82-88)87-85(90)79-75-71-67-63-59-55-51-47-44-41-38-35-33-31-29-27-26-28-30-32-34-36-39-42-45-49-53-57-61-65-69-73-77-81-92-86(91)80-76-72-68-64-60-56-52-48-22-20-18-16-14-12-10-8-6-4-2/h20,22,83-84,88-89H,3-19,21,23-82H2,1-2H3,(H,87,90)/b22-20-. The lowest BCUT2D eigenvalue weighted by Gasteiger charge is -2.22. The average molecular weight is 1300 g/mol. The maximum atomic E-state index is 12.6. The third-order valence-corrected chi connectivity index (χ3v) is 20.6. The summed E-state index contributed by atoms with van der Waals surface area (Å²) in [7, 11) is 0. The summed E-state index contributed by atoms with van der Waals surface area (Å²) < 4.78 is 5.52. The molecule has 0 aromatic rings. The van der Waals surface area contributed by atoms with Crippen molar-refractivity contribution in [1.82, 2.24) is 5.32 Å². The third-order valence-electron chi connectivity index (χ3n) is 20.6. The SMILES string of the molecule is CCCCCCCCC/C=C\CCCCCCCCCC(=O)OCCCCCCCCCCCCCCCCCCCCCCCCCCCCCCCCCCCC(=O)NC(CO)C(O)CCCCCCCCCCCCCCCCCCCCCCCCCC. The molecule has 0 aromatic carbocycles. The van der Waals surface area contributed by atoms with Gasteiger partial charge in [0.05, 0.1) is 25.4 Å². The van der Waals surface area contributed by atoms with Crippen LogP contribution >= 0.6 is 0 Å². The summed E-state index contributed by atoms with van der Waals surface area (Å²) in [5.74, 6) is -0.00318. The van der Waals surface area contributed by atoms with E-state index in [1.807, 2.05) is 0 Å². The number of hydrogen-bond acceptors (Lipinski definition) is 5. The Balaban J connectivity index is 3.31. The van der Waals surface area contributed by atoms with Gasteiger partial charge in [0.1, 0.15) is 0 Å². The Morgan fingerprint density at radius 1 is 0.293 bits per heavy atom. The fraction of sp³-hybridized carbons (Fsp3) is 0.953. The van der Waals surface area contributed by atoms with Gasteiger partial charge < -0.3 is 20.3 Å². The van der Waals surface area contributed by atoms with E-state index in [2.05, 4.69) is 31.3 Å². The Hall–Kier alpha value is -1.40. The zero-order chi connectivity index (χ0) is 66.3. The van der Waals surface area contributed by atoms with Crippen molar-refractivity contribution in [2.45, 2.75) is 514 Å². The second-order valence-corrected chi connectivity index (χ2v) is 29.9. The molecule has 0 saturated carbocycles. The number of aliphatic hydroxyl groups is 2. The van der Waals surface area contributed by atoms with Gasteiger partial charge in [-0.25, -0.2) is 0 Å². The average Bonchev–Trinajstić information content (AvgIpc) is 3.77. The number of allylic oxidation sites excluding steroid dienone is 2. The van der Waals surface area contributed by atoms with Gasteiger partial charge in [-0.2, -0.15) is 0 Å². The van der Waals surface area contributed by atoms with Crippen LogP contribution < -0.4 is 5.32 Å². The van der Waals surface area contributed by atoms with Crippen molar-refractivity contribution in [3.05, 3.63) is 12.2 Å². The topological polar surface area (TPSA) is 95.9 Å². The van der Waals surface area contributed by atoms with Crippen molar-refractivity contribution >= 4 is 11.9 Å². The van der Waals surface area contributed by atoms with Crippen molar-refractivity contribution < 1.29 is 24.5 Å². The van der Waals surface area contributed by atoms with Gasteiger partial charge in [0.2, 0.25) is 5.91 Å². The Bertz CT molecular complexity index is 1400. The van der Waals surface area contributed by atoms with E-state index in [-0.39, 0.29) is 18.5 Å². The Kier molecular flexibility index (Phi) is 80.8. The molecular formula is C86H169NO5. The monoisotopic (exact) mass is 1300 g/mol. The number of carbonyl (C=O) groups is 2. The van der Waals surface area contributed by atoms with E-state index < -0.39 is 12.1 Å². The fourth-order valence-electron chi connectivity index (χ4n) is 14.1. The van der Waals surface area contributed by atoms with E-state index in [1.165, 1.54) is 430 Å². The Morgan fingerprint density at radius 2 is 0.511 bits per heavy atom. The summed E-state index contributed by atoms with van der Waals surface area (Å²) in [6.07, 6.45) is 105. The molecule has 6 nitrogen and oxygen atoms in total. The van der Waals surface area contributed by atoms with E-state index in [9.17, 15) is 19.8 Å². The molecule has 92 heavy (non-hydrogen) atoms. The summed E-state index contributed by atoms with van der Waals surface area (Å²) in [6.45, 7) is 5.02. The summed E-state index contributed by atoms with van der Waals surface area (Å²) in [4.78, 5) is 24.7. The molecule has 0 fully saturated rings. The zero-order valence-corrected chi connectivity index (χ0v) is 63.1. The van der Waals surface area contributed by atoms with Gasteiger partial charge in [0.25, 0.3) is 0 Å². The molecule has 3 N–H and O–H groups in total. The fourth-order valence-corrected chi connectivity index (χ4v) is 14.1. The van der Waals surface area contributed by atoms with Crippen molar-refractivity contribution in [1.29, 1.82) is 0 Å². The van der Waals surface area contributed by atoms with E-state index >= 15 is 0 Å². The minimum absolute atomic E-state index is 0.0204. The Labute approximate surface area is 578 Å². The van der Waals surface area contributed by atoms with Crippen LogP contribution in [0.2, 0.25) is 0 Å². The predicted molar refractivity (Wildman–Crippen MR) is 407 cm³/mol. The van der Waals surface area contributed by atoms with Crippen LogP contribution in [0.1, 0.15) is 502 Å². The smallest absolute Gasteiger partial charge is 0.305 e. The van der Waals surface area contributed by atoms with Gasteiger partial charge in [-0.1, -0.05) is 450 Å². The van der Waals surface area contributed by atoms with E-state index in [0.29, 0.717) is 25.9 Å². The zero-order valence-electron chi connectivity index (χ0n) is 63.1. The largest absolute Gasteiger partial charge is 0.466 e.